The molecule has 0 heterocycles. The molecule has 0 aromatic heterocycles. The average Bonchev–Trinajstić information content (AvgIpc) is 2.30. The lowest BCUT2D eigenvalue weighted by atomic mass is 9.73. The van der Waals surface area contributed by atoms with Crippen LogP contribution in [0.4, 0.5) is 0 Å². The number of hydrogen-bond acceptors (Lipinski definition) is 2. The molecule has 3 atom stereocenters. The van der Waals surface area contributed by atoms with E-state index in [-0.39, 0.29) is 0 Å². The Bertz CT molecular complexity index is 161. The molecule has 1 rings (SSSR count). The summed E-state index contributed by atoms with van der Waals surface area (Å²) in [5.74, 6) is 1.82. The van der Waals surface area contributed by atoms with Crippen LogP contribution in [0.5, 0.6) is 0 Å². The lowest BCUT2D eigenvalue weighted by Gasteiger charge is -2.36. The van der Waals surface area contributed by atoms with E-state index in [4.69, 9.17) is 4.74 Å². The van der Waals surface area contributed by atoms with Crippen LogP contribution in [0.25, 0.3) is 0 Å². The second-order valence-electron chi connectivity index (χ2n) is 4.79. The molecule has 0 aliphatic heterocycles. The number of hydrogen-bond donors (Lipinski definition) is 1. The molecule has 0 spiro atoms. The summed E-state index contributed by atoms with van der Waals surface area (Å²) in [5, 5.41) is 3.49. The minimum absolute atomic E-state index is 0.662. The average molecular weight is 213 g/mol. The summed E-state index contributed by atoms with van der Waals surface area (Å²) in [7, 11) is 3.90. The highest BCUT2D eigenvalue weighted by molar-refractivity contribution is 4.83. The Hall–Kier alpha value is -0.0800. The zero-order valence-corrected chi connectivity index (χ0v) is 10.6. The maximum Gasteiger partial charge on any atom is 0.0477 e. The molecule has 1 fully saturated rings. The largest absolute Gasteiger partial charge is 0.385 e. The molecule has 1 saturated carbocycles. The van der Waals surface area contributed by atoms with Gasteiger partial charge in [-0.05, 0) is 31.7 Å². The summed E-state index contributed by atoms with van der Waals surface area (Å²) in [6, 6.07) is 0.662. The van der Waals surface area contributed by atoms with Gasteiger partial charge in [0.15, 0.2) is 0 Å². The molecule has 2 heteroatoms. The van der Waals surface area contributed by atoms with Gasteiger partial charge < -0.3 is 10.1 Å². The molecule has 1 aliphatic carbocycles. The predicted molar refractivity (Wildman–Crippen MR) is 65.1 cm³/mol. The first-order valence-corrected chi connectivity index (χ1v) is 6.49. The van der Waals surface area contributed by atoms with Crippen molar-refractivity contribution in [2.45, 2.75) is 51.5 Å². The van der Waals surface area contributed by atoms with Gasteiger partial charge in [-0.25, -0.2) is 0 Å². The Labute approximate surface area is 94.8 Å². The highest BCUT2D eigenvalue weighted by Crippen LogP contribution is 2.35. The van der Waals surface area contributed by atoms with Gasteiger partial charge in [-0.15, -0.1) is 0 Å². The van der Waals surface area contributed by atoms with Crippen molar-refractivity contribution >= 4 is 0 Å². The van der Waals surface area contributed by atoms with Gasteiger partial charge in [0.25, 0.3) is 0 Å². The van der Waals surface area contributed by atoms with E-state index < -0.39 is 0 Å². The molecule has 0 bridgehead atoms. The van der Waals surface area contributed by atoms with Crippen molar-refractivity contribution in [3.05, 3.63) is 0 Å². The van der Waals surface area contributed by atoms with Crippen LogP contribution in [0.2, 0.25) is 0 Å². The molecule has 0 saturated heterocycles. The maximum atomic E-state index is 5.19. The van der Waals surface area contributed by atoms with Gasteiger partial charge in [0, 0.05) is 19.8 Å². The number of ether oxygens (including phenoxy) is 1. The van der Waals surface area contributed by atoms with Crippen LogP contribution < -0.4 is 5.32 Å². The Morgan fingerprint density at radius 3 is 2.67 bits per heavy atom. The fraction of sp³-hybridized carbons (Fsp3) is 1.00. The normalized spacial score (nSPS) is 29.0. The minimum atomic E-state index is 0.662. The molecule has 0 aromatic rings. The van der Waals surface area contributed by atoms with Crippen LogP contribution in [0.1, 0.15) is 45.4 Å². The second kappa shape index (κ2) is 7.24. The van der Waals surface area contributed by atoms with Crippen molar-refractivity contribution in [1.82, 2.24) is 5.32 Å². The first kappa shape index (κ1) is 13.0. The van der Waals surface area contributed by atoms with E-state index in [0.717, 1.165) is 24.9 Å². The van der Waals surface area contributed by atoms with E-state index in [1.54, 1.807) is 7.11 Å². The van der Waals surface area contributed by atoms with E-state index in [1.165, 1.54) is 32.1 Å². The van der Waals surface area contributed by atoms with Crippen LogP contribution in [0, 0.1) is 11.8 Å². The second-order valence-corrected chi connectivity index (χ2v) is 4.79. The van der Waals surface area contributed by atoms with E-state index in [0.29, 0.717) is 6.04 Å². The molecular weight excluding hydrogens is 186 g/mol. The quantitative estimate of drug-likeness (QED) is 0.732. The molecule has 1 aliphatic rings. The molecule has 1 N–H and O–H groups in total. The lowest BCUT2D eigenvalue weighted by molar-refractivity contribution is 0.133. The van der Waals surface area contributed by atoms with Crippen LogP contribution in [0.15, 0.2) is 0 Å². The molecule has 90 valence electrons. The van der Waals surface area contributed by atoms with Crippen molar-refractivity contribution in [2.24, 2.45) is 11.8 Å². The summed E-state index contributed by atoms with van der Waals surface area (Å²) in [6.07, 6.45) is 8.21. The molecule has 0 aromatic carbocycles. The first-order chi connectivity index (χ1) is 7.33. The van der Waals surface area contributed by atoms with Gasteiger partial charge in [-0.3, -0.25) is 0 Å². The number of rotatable bonds is 6. The SMILES string of the molecule is CCC1CCCCC1C(CCOC)NC. The molecule has 15 heavy (non-hydrogen) atoms. The standard InChI is InChI=1S/C13H27NO/c1-4-11-7-5-6-8-12(11)13(14-2)9-10-15-3/h11-14H,4-10H2,1-3H3. The Balaban J connectivity index is 2.47. The van der Waals surface area contributed by atoms with Crippen LogP contribution in [-0.2, 0) is 4.74 Å². The third-order valence-electron chi connectivity index (χ3n) is 4.01. The highest BCUT2D eigenvalue weighted by Gasteiger charge is 2.29. The third kappa shape index (κ3) is 3.76. The van der Waals surface area contributed by atoms with Gasteiger partial charge in [0.1, 0.15) is 0 Å². The van der Waals surface area contributed by atoms with E-state index in [1.807, 2.05) is 0 Å². The summed E-state index contributed by atoms with van der Waals surface area (Å²) < 4.78 is 5.19. The number of methoxy groups -OCH3 is 1. The fourth-order valence-electron chi connectivity index (χ4n) is 3.09. The topological polar surface area (TPSA) is 21.3 Å². The zero-order chi connectivity index (χ0) is 11.1. The van der Waals surface area contributed by atoms with E-state index >= 15 is 0 Å². The first-order valence-electron chi connectivity index (χ1n) is 6.49. The minimum Gasteiger partial charge on any atom is -0.385 e. The molecule has 0 radical (unpaired) electrons. The summed E-state index contributed by atoms with van der Waals surface area (Å²) in [6.45, 7) is 3.23. The summed E-state index contributed by atoms with van der Waals surface area (Å²) in [5.41, 5.74) is 0. The molecule has 3 unspecified atom stereocenters. The Kier molecular flexibility index (Phi) is 6.26. The van der Waals surface area contributed by atoms with Crippen molar-refractivity contribution in [3.63, 3.8) is 0 Å². The molecule has 2 nitrogen and oxygen atoms in total. The highest BCUT2D eigenvalue weighted by atomic mass is 16.5. The lowest BCUT2D eigenvalue weighted by Crippen LogP contribution is -2.40. The Morgan fingerprint density at radius 1 is 1.33 bits per heavy atom. The maximum absolute atomic E-state index is 5.19. The zero-order valence-electron chi connectivity index (χ0n) is 10.6. The van der Waals surface area contributed by atoms with Gasteiger partial charge in [-0.2, -0.15) is 0 Å². The van der Waals surface area contributed by atoms with Crippen molar-refractivity contribution in [3.8, 4) is 0 Å². The molecular formula is C13H27NO. The predicted octanol–water partition coefficient (Wildman–Crippen LogP) is 2.83. The van der Waals surface area contributed by atoms with Crippen molar-refractivity contribution < 1.29 is 4.74 Å². The van der Waals surface area contributed by atoms with Gasteiger partial charge in [0.2, 0.25) is 0 Å². The van der Waals surface area contributed by atoms with Gasteiger partial charge in [0.05, 0.1) is 0 Å². The van der Waals surface area contributed by atoms with E-state index in [2.05, 4.69) is 19.3 Å². The summed E-state index contributed by atoms with van der Waals surface area (Å²) >= 11 is 0. The monoisotopic (exact) mass is 213 g/mol. The number of nitrogens with one attached hydrogen (secondary N) is 1. The molecule has 0 amide bonds. The van der Waals surface area contributed by atoms with Gasteiger partial charge >= 0.3 is 0 Å². The smallest absolute Gasteiger partial charge is 0.0477 e. The van der Waals surface area contributed by atoms with Crippen molar-refractivity contribution in [1.29, 1.82) is 0 Å². The Morgan fingerprint density at radius 2 is 2.07 bits per heavy atom. The van der Waals surface area contributed by atoms with Crippen LogP contribution in [0.3, 0.4) is 0 Å². The fourth-order valence-corrected chi connectivity index (χ4v) is 3.09. The van der Waals surface area contributed by atoms with Crippen LogP contribution in [-0.4, -0.2) is 26.8 Å². The summed E-state index contributed by atoms with van der Waals surface area (Å²) in [4.78, 5) is 0. The van der Waals surface area contributed by atoms with Crippen LogP contribution >= 0.6 is 0 Å². The van der Waals surface area contributed by atoms with E-state index in [9.17, 15) is 0 Å². The third-order valence-corrected chi connectivity index (χ3v) is 4.01. The van der Waals surface area contributed by atoms with Crippen molar-refractivity contribution in [2.75, 3.05) is 20.8 Å². The van der Waals surface area contributed by atoms with Gasteiger partial charge in [-0.1, -0.05) is 32.6 Å².